The molecule has 8 nitrogen and oxygen atoms in total. The van der Waals surface area contributed by atoms with Crippen LogP contribution in [-0.4, -0.2) is 55.8 Å². The van der Waals surface area contributed by atoms with Gasteiger partial charge in [0.25, 0.3) is 5.91 Å². The topological polar surface area (TPSA) is 107 Å². The zero-order valence-electron chi connectivity index (χ0n) is 20.4. The van der Waals surface area contributed by atoms with E-state index in [1.54, 1.807) is 35.7 Å². The third-order valence-electron chi connectivity index (χ3n) is 5.82. The third kappa shape index (κ3) is 5.25. The van der Waals surface area contributed by atoms with Crippen LogP contribution in [0, 0.1) is 5.82 Å². The number of aliphatic hydroxyl groups is 1. The molecule has 0 bridgehead atoms. The Balaban J connectivity index is 1.66. The first-order chi connectivity index (χ1) is 17.9. The molecule has 0 aliphatic rings. The Morgan fingerprint density at radius 3 is 2.46 bits per heavy atom. The second-order valence-electron chi connectivity index (χ2n) is 7.99. The number of methoxy groups -OCH3 is 3. The van der Waals surface area contributed by atoms with E-state index in [9.17, 15) is 19.1 Å². The second-order valence-corrected chi connectivity index (χ2v) is 8.87. The Morgan fingerprint density at radius 1 is 1.03 bits per heavy atom. The molecule has 0 spiro atoms. The number of carbonyl (C=O) groups is 2. The van der Waals surface area contributed by atoms with E-state index in [-0.39, 0.29) is 30.1 Å². The Morgan fingerprint density at radius 2 is 1.76 bits per heavy atom. The van der Waals surface area contributed by atoms with Crippen LogP contribution in [0.15, 0.2) is 53.9 Å². The number of amides is 1. The molecule has 0 fully saturated rings. The summed E-state index contributed by atoms with van der Waals surface area (Å²) < 4.78 is 30.6. The molecule has 1 amide bonds. The molecule has 4 rings (SSSR count). The van der Waals surface area contributed by atoms with Crippen molar-refractivity contribution in [3.63, 3.8) is 0 Å². The average Bonchev–Trinajstić information content (AvgIpc) is 3.37. The van der Waals surface area contributed by atoms with Gasteiger partial charge in [0.2, 0.25) is 5.78 Å². The predicted octanol–water partition coefficient (Wildman–Crippen LogP) is 4.49. The van der Waals surface area contributed by atoms with Gasteiger partial charge in [-0.3, -0.25) is 9.59 Å². The smallest absolute Gasteiger partial charge is 0.252 e. The molecule has 1 atom stereocenters. The maximum Gasteiger partial charge on any atom is 0.252 e. The minimum atomic E-state index is -1.05. The standard InChI is InChI=1S/C27H25FN2O6S/c1-34-21-9-7-15(13-23(21)36-3)27(33)30-20(11-12-31)25(32)19-8-10-22(35-2)24(29-19)17-14-37-26-16(17)5-4-6-18(26)28/h4-10,13-14,20,31H,11-12H2,1-3H3,(H,30,33)/t20-/m0/s1. The molecule has 0 saturated heterocycles. The summed E-state index contributed by atoms with van der Waals surface area (Å²) in [6, 6.07) is 11.4. The van der Waals surface area contributed by atoms with Crippen molar-refractivity contribution in [3.8, 4) is 28.5 Å². The Kier molecular flexibility index (Phi) is 8.00. The number of ketones is 1. The number of halogens is 1. The van der Waals surface area contributed by atoms with Gasteiger partial charge in [0.1, 0.15) is 23.0 Å². The van der Waals surface area contributed by atoms with Gasteiger partial charge in [-0.15, -0.1) is 11.3 Å². The fourth-order valence-electron chi connectivity index (χ4n) is 3.94. The van der Waals surface area contributed by atoms with Gasteiger partial charge in [-0.05, 0) is 42.8 Å². The first-order valence-electron chi connectivity index (χ1n) is 11.3. The normalized spacial score (nSPS) is 11.7. The number of benzene rings is 2. The van der Waals surface area contributed by atoms with Crippen LogP contribution in [0.2, 0.25) is 0 Å². The first-order valence-corrected chi connectivity index (χ1v) is 12.2. The van der Waals surface area contributed by atoms with Crippen LogP contribution in [0.25, 0.3) is 21.3 Å². The van der Waals surface area contributed by atoms with Gasteiger partial charge >= 0.3 is 0 Å². The van der Waals surface area contributed by atoms with Crippen molar-refractivity contribution >= 4 is 33.1 Å². The van der Waals surface area contributed by atoms with E-state index in [4.69, 9.17) is 14.2 Å². The number of thiophene rings is 1. The van der Waals surface area contributed by atoms with Crippen molar-refractivity contribution in [2.45, 2.75) is 12.5 Å². The highest BCUT2D eigenvalue weighted by Gasteiger charge is 2.26. The maximum atomic E-state index is 14.3. The lowest BCUT2D eigenvalue weighted by atomic mass is 10.0. The molecule has 37 heavy (non-hydrogen) atoms. The number of fused-ring (bicyclic) bond motifs is 1. The van der Waals surface area contributed by atoms with Crippen LogP contribution in [0.3, 0.4) is 0 Å². The highest BCUT2D eigenvalue weighted by atomic mass is 32.1. The highest BCUT2D eigenvalue weighted by molar-refractivity contribution is 7.17. The van der Waals surface area contributed by atoms with Crippen LogP contribution in [0.4, 0.5) is 4.39 Å². The zero-order valence-corrected chi connectivity index (χ0v) is 21.2. The van der Waals surface area contributed by atoms with Crippen LogP contribution in [0.1, 0.15) is 27.3 Å². The lowest BCUT2D eigenvalue weighted by molar-refractivity contribution is 0.0837. The van der Waals surface area contributed by atoms with Gasteiger partial charge in [0, 0.05) is 28.5 Å². The number of Topliss-reactive ketones (excluding diaryl/α,β-unsaturated/α-hetero) is 1. The van der Waals surface area contributed by atoms with E-state index in [0.29, 0.717) is 38.6 Å². The van der Waals surface area contributed by atoms with Crippen LogP contribution >= 0.6 is 11.3 Å². The largest absolute Gasteiger partial charge is 0.494 e. The Bertz CT molecular complexity index is 1450. The van der Waals surface area contributed by atoms with Gasteiger partial charge in [0.05, 0.1) is 32.1 Å². The maximum absolute atomic E-state index is 14.3. The molecule has 0 unspecified atom stereocenters. The number of ether oxygens (including phenoxy) is 3. The summed E-state index contributed by atoms with van der Waals surface area (Å²) in [6.45, 7) is -0.333. The van der Waals surface area contributed by atoms with Crippen molar-refractivity contribution < 1.29 is 33.3 Å². The molecule has 0 radical (unpaired) electrons. The minimum Gasteiger partial charge on any atom is -0.494 e. The Labute approximate surface area is 216 Å². The summed E-state index contributed by atoms with van der Waals surface area (Å²) in [6.07, 6.45) is -0.0203. The van der Waals surface area contributed by atoms with E-state index in [2.05, 4.69) is 10.3 Å². The molecule has 2 heterocycles. The molecule has 0 aliphatic heterocycles. The van der Waals surface area contributed by atoms with E-state index in [1.165, 1.54) is 50.9 Å². The molecule has 0 saturated carbocycles. The molecular weight excluding hydrogens is 499 g/mol. The highest BCUT2D eigenvalue weighted by Crippen LogP contribution is 2.38. The number of nitrogens with zero attached hydrogens (tertiary/aromatic N) is 1. The number of aromatic nitrogens is 1. The van der Waals surface area contributed by atoms with E-state index >= 15 is 0 Å². The first kappa shape index (κ1) is 26.1. The summed E-state index contributed by atoms with van der Waals surface area (Å²) in [5, 5.41) is 14.7. The summed E-state index contributed by atoms with van der Waals surface area (Å²) in [5.41, 5.74) is 1.32. The summed E-state index contributed by atoms with van der Waals surface area (Å²) in [5.74, 6) is -0.133. The lowest BCUT2D eigenvalue weighted by Gasteiger charge is -2.18. The number of carbonyl (C=O) groups excluding carboxylic acids is 2. The second kappa shape index (κ2) is 11.4. The molecule has 192 valence electrons. The van der Waals surface area contributed by atoms with Gasteiger partial charge in [-0.25, -0.2) is 9.37 Å². The molecule has 10 heteroatoms. The van der Waals surface area contributed by atoms with E-state index < -0.39 is 17.7 Å². The number of aliphatic hydroxyl groups excluding tert-OH is 1. The quantitative estimate of drug-likeness (QED) is 0.294. The lowest BCUT2D eigenvalue weighted by Crippen LogP contribution is -2.41. The van der Waals surface area contributed by atoms with Crippen LogP contribution in [0.5, 0.6) is 17.2 Å². The fraction of sp³-hybridized carbons (Fsp3) is 0.222. The summed E-state index contributed by atoms with van der Waals surface area (Å²) in [4.78, 5) is 30.9. The predicted molar refractivity (Wildman–Crippen MR) is 138 cm³/mol. The van der Waals surface area contributed by atoms with Crippen LogP contribution < -0.4 is 19.5 Å². The average molecular weight is 525 g/mol. The summed E-state index contributed by atoms with van der Waals surface area (Å²) >= 11 is 1.23. The van der Waals surface area contributed by atoms with Gasteiger partial charge in [-0.1, -0.05) is 12.1 Å². The van der Waals surface area contributed by atoms with Crippen molar-refractivity contribution in [2.75, 3.05) is 27.9 Å². The molecule has 0 aliphatic carbocycles. The van der Waals surface area contributed by atoms with Gasteiger partial charge in [-0.2, -0.15) is 0 Å². The van der Waals surface area contributed by atoms with Gasteiger partial charge < -0.3 is 24.6 Å². The fourth-order valence-corrected chi connectivity index (χ4v) is 4.90. The minimum absolute atomic E-state index is 0.0203. The molecule has 2 N–H and O–H groups in total. The van der Waals surface area contributed by atoms with E-state index in [1.807, 2.05) is 0 Å². The number of pyridine rings is 1. The van der Waals surface area contributed by atoms with Gasteiger partial charge in [0.15, 0.2) is 11.5 Å². The zero-order chi connectivity index (χ0) is 26.5. The van der Waals surface area contributed by atoms with Crippen molar-refractivity contribution in [1.29, 1.82) is 0 Å². The van der Waals surface area contributed by atoms with Crippen LogP contribution in [-0.2, 0) is 0 Å². The number of hydrogen-bond donors (Lipinski definition) is 2. The van der Waals surface area contributed by atoms with Crippen molar-refractivity contribution in [1.82, 2.24) is 10.3 Å². The third-order valence-corrected chi connectivity index (χ3v) is 6.83. The monoisotopic (exact) mass is 524 g/mol. The number of nitrogens with one attached hydrogen (secondary N) is 1. The van der Waals surface area contributed by atoms with E-state index in [0.717, 1.165) is 0 Å². The summed E-state index contributed by atoms with van der Waals surface area (Å²) in [7, 11) is 4.42. The molecular formula is C27H25FN2O6S. The molecule has 2 aromatic heterocycles. The Hall–Kier alpha value is -4.02. The van der Waals surface area contributed by atoms with Crippen molar-refractivity contribution in [3.05, 3.63) is 71.0 Å². The number of hydrogen-bond acceptors (Lipinski definition) is 8. The molecule has 2 aromatic carbocycles. The molecule has 4 aromatic rings. The SMILES string of the molecule is COc1ccc(C(=O)N[C@@H](CCO)C(=O)c2ccc(OC)c(-c3csc4c(F)cccc34)n2)cc1OC. The number of rotatable bonds is 10. The van der Waals surface area contributed by atoms with Crippen molar-refractivity contribution in [2.24, 2.45) is 0 Å².